The molecule has 2 unspecified atom stereocenters. The minimum Gasteiger partial charge on any atom is -0.464 e. The largest absolute Gasteiger partial charge is 0.464 e. The van der Waals surface area contributed by atoms with E-state index in [1.54, 1.807) is 0 Å². The van der Waals surface area contributed by atoms with Gasteiger partial charge in [0.05, 0.1) is 12.4 Å². The summed E-state index contributed by atoms with van der Waals surface area (Å²) in [6.07, 6.45) is 4.14. The number of hydrogen-bond acceptors (Lipinski definition) is 2. The maximum atomic E-state index is 6.03. The van der Waals surface area contributed by atoms with Gasteiger partial charge in [0.15, 0.2) is 0 Å². The zero-order valence-electron chi connectivity index (χ0n) is 9.56. The van der Waals surface area contributed by atoms with Crippen molar-refractivity contribution in [1.82, 2.24) is 0 Å². The highest BCUT2D eigenvalue weighted by Crippen LogP contribution is 2.38. The number of furan rings is 1. The molecule has 0 N–H and O–H groups in total. The van der Waals surface area contributed by atoms with Crippen LogP contribution >= 0.6 is 11.6 Å². The maximum absolute atomic E-state index is 6.03. The van der Waals surface area contributed by atoms with Crippen molar-refractivity contribution in [1.29, 1.82) is 0 Å². The van der Waals surface area contributed by atoms with Gasteiger partial charge in [-0.1, -0.05) is 18.2 Å². The molecule has 2 nitrogen and oxygen atoms in total. The van der Waals surface area contributed by atoms with Crippen molar-refractivity contribution < 1.29 is 9.15 Å². The molecule has 3 heteroatoms. The van der Waals surface area contributed by atoms with Crippen LogP contribution in [0.25, 0.3) is 11.0 Å². The van der Waals surface area contributed by atoms with E-state index in [1.807, 2.05) is 24.5 Å². The van der Waals surface area contributed by atoms with Crippen LogP contribution in [0.2, 0.25) is 0 Å². The number of alkyl halides is 1. The molecule has 3 rings (SSSR count). The molecule has 1 aliphatic rings. The van der Waals surface area contributed by atoms with Crippen LogP contribution in [0.15, 0.2) is 34.9 Å². The molecule has 2 heterocycles. The van der Waals surface area contributed by atoms with E-state index < -0.39 is 0 Å². The van der Waals surface area contributed by atoms with Gasteiger partial charge in [-0.25, -0.2) is 0 Å². The van der Waals surface area contributed by atoms with Crippen molar-refractivity contribution in [2.45, 2.75) is 18.9 Å². The van der Waals surface area contributed by atoms with Gasteiger partial charge in [-0.05, 0) is 18.9 Å². The summed E-state index contributed by atoms with van der Waals surface area (Å²) in [6.45, 7) is 0.817. The van der Waals surface area contributed by atoms with Crippen LogP contribution in [0.5, 0.6) is 0 Å². The van der Waals surface area contributed by atoms with E-state index in [0.29, 0.717) is 11.8 Å². The Kier molecular flexibility index (Phi) is 3.08. The van der Waals surface area contributed by atoms with E-state index in [4.69, 9.17) is 20.8 Å². The van der Waals surface area contributed by atoms with Gasteiger partial charge in [-0.15, -0.1) is 11.6 Å². The van der Waals surface area contributed by atoms with E-state index in [1.165, 1.54) is 0 Å². The van der Waals surface area contributed by atoms with E-state index in [-0.39, 0.29) is 6.10 Å². The Bertz CT molecular complexity index is 506. The summed E-state index contributed by atoms with van der Waals surface area (Å²) in [6, 6.07) is 8.07. The molecule has 17 heavy (non-hydrogen) atoms. The molecule has 0 radical (unpaired) electrons. The lowest BCUT2D eigenvalue weighted by molar-refractivity contribution is -0.0203. The van der Waals surface area contributed by atoms with Crippen molar-refractivity contribution in [2.75, 3.05) is 12.5 Å². The highest BCUT2D eigenvalue weighted by molar-refractivity contribution is 6.18. The number of hydrogen-bond donors (Lipinski definition) is 0. The van der Waals surface area contributed by atoms with Crippen LogP contribution in [0.1, 0.15) is 24.5 Å². The Morgan fingerprint density at radius 1 is 1.29 bits per heavy atom. The molecular weight excluding hydrogens is 236 g/mol. The number of rotatable bonds is 2. The zero-order chi connectivity index (χ0) is 11.7. The standard InChI is InChI=1S/C14H15ClO2/c15-8-10-4-3-7-16-14(10)12-9-17-13-6-2-1-5-11(12)13/h1-2,5-6,9-10,14H,3-4,7-8H2. The second-order valence-electron chi connectivity index (χ2n) is 4.54. The Hall–Kier alpha value is -0.990. The summed E-state index contributed by atoms with van der Waals surface area (Å²) in [5, 5.41) is 1.15. The zero-order valence-corrected chi connectivity index (χ0v) is 10.3. The third-order valence-corrected chi connectivity index (χ3v) is 3.86. The summed E-state index contributed by atoms with van der Waals surface area (Å²) in [5.41, 5.74) is 2.07. The van der Waals surface area contributed by atoms with E-state index in [2.05, 4.69) is 6.07 Å². The summed E-state index contributed by atoms with van der Waals surface area (Å²) < 4.78 is 11.5. The first-order chi connectivity index (χ1) is 8.40. The fraction of sp³-hybridized carbons (Fsp3) is 0.429. The molecule has 0 saturated carbocycles. The van der Waals surface area contributed by atoms with Crippen LogP contribution in [0.3, 0.4) is 0 Å². The average Bonchev–Trinajstić information content (AvgIpc) is 2.82. The molecule has 0 amide bonds. The van der Waals surface area contributed by atoms with Crippen LogP contribution < -0.4 is 0 Å². The summed E-state index contributed by atoms with van der Waals surface area (Å²) >= 11 is 6.03. The number of ether oxygens (including phenoxy) is 1. The summed E-state index contributed by atoms with van der Waals surface area (Å²) in [7, 11) is 0. The Morgan fingerprint density at radius 3 is 3.06 bits per heavy atom. The maximum Gasteiger partial charge on any atom is 0.134 e. The Morgan fingerprint density at radius 2 is 2.18 bits per heavy atom. The molecule has 2 atom stereocenters. The number of halogens is 1. The van der Waals surface area contributed by atoms with Crippen LogP contribution in [0.4, 0.5) is 0 Å². The molecule has 1 saturated heterocycles. The van der Waals surface area contributed by atoms with Gasteiger partial charge in [-0.3, -0.25) is 0 Å². The first-order valence-electron chi connectivity index (χ1n) is 6.04. The minimum atomic E-state index is 0.0879. The Balaban J connectivity index is 2.01. The lowest BCUT2D eigenvalue weighted by Gasteiger charge is -2.29. The van der Waals surface area contributed by atoms with Crippen LogP contribution in [-0.2, 0) is 4.74 Å². The molecule has 2 aromatic rings. The third-order valence-electron chi connectivity index (χ3n) is 3.46. The first kappa shape index (κ1) is 11.1. The Labute approximate surface area is 106 Å². The SMILES string of the molecule is ClCC1CCCOC1c1coc2ccccc12. The van der Waals surface area contributed by atoms with Crippen LogP contribution in [-0.4, -0.2) is 12.5 Å². The van der Waals surface area contributed by atoms with Crippen molar-refractivity contribution >= 4 is 22.6 Å². The molecule has 0 spiro atoms. The van der Waals surface area contributed by atoms with Gasteiger partial charge < -0.3 is 9.15 Å². The summed E-state index contributed by atoms with van der Waals surface area (Å²) in [4.78, 5) is 0. The molecule has 1 aromatic carbocycles. The second-order valence-corrected chi connectivity index (χ2v) is 4.84. The third kappa shape index (κ3) is 1.96. The predicted octanol–water partition coefficient (Wildman–Crippen LogP) is 4.14. The lowest BCUT2D eigenvalue weighted by Crippen LogP contribution is -2.23. The molecular formula is C14H15ClO2. The summed E-state index contributed by atoms with van der Waals surface area (Å²) in [5.74, 6) is 1.04. The normalized spacial score (nSPS) is 25.2. The van der Waals surface area contributed by atoms with E-state index in [9.17, 15) is 0 Å². The number of benzene rings is 1. The highest BCUT2D eigenvalue weighted by Gasteiger charge is 2.29. The molecule has 90 valence electrons. The molecule has 1 fully saturated rings. The average molecular weight is 251 g/mol. The fourth-order valence-corrected chi connectivity index (χ4v) is 2.88. The highest BCUT2D eigenvalue weighted by atomic mass is 35.5. The molecule has 1 aliphatic heterocycles. The van der Waals surface area contributed by atoms with Crippen molar-refractivity contribution in [3.05, 3.63) is 36.1 Å². The van der Waals surface area contributed by atoms with E-state index >= 15 is 0 Å². The van der Waals surface area contributed by atoms with Crippen molar-refractivity contribution in [2.24, 2.45) is 5.92 Å². The molecule has 1 aromatic heterocycles. The van der Waals surface area contributed by atoms with Crippen molar-refractivity contribution in [3.63, 3.8) is 0 Å². The van der Waals surface area contributed by atoms with Gasteiger partial charge in [0.25, 0.3) is 0 Å². The first-order valence-corrected chi connectivity index (χ1v) is 6.57. The number of para-hydroxylation sites is 1. The fourth-order valence-electron chi connectivity index (χ4n) is 2.56. The molecule has 0 bridgehead atoms. The van der Waals surface area contributed by atoms with Gasteiger partial charge in [0.1, 0.15) is 5.58 Å². The quantitative estimate of drug-likeness (QED) is 0.748. The topological polar surface area (TPSA) is 22.4 Å². The van der Waals surface area contributed by atoms with Crippen molar-refractivity contribution in [3.8, 4) is 0 Å². The lowest BCUT2D eigenvalue weighted by atomic mass is 9.91. The molecule has 0 aliphatic carbocycles. The van der Waals surface area contributed by atoms with Gasteiger partial charge in [0, 0.05) is 29.4 Å². The van der Waals surface area contributed by atoms with Crippen LogP contribution in [0, 0.1) is 5.92 Å². The van der Waals surface area contributed by atoms with Gasteiger partial charge >= 0.3 is 0 Å². The smallest absolute Gasteiger partial charge is 0.134 e. The second kappa shape index (κ2) is 4.71. The van der Waals surface area contributed by atoms with Gasteiger partial charge in [-0.2, -0.15) is 0 Å². The minimum absolute atomic E-state index is 0.0879. The monoisotopic (exact) mass is 250 g/mol. The predicted molar refractivity (Wildman–Crippen MR) is 68.4 cm³/mol. The van der Waals surface area contributed by atoms with E-state index in [0.717, 1.165) is 36.0 Å². The number of fused-ring (bicyclic) bond motifs is 1. The van der Waals surface area contributed by atoms with Gasteiger partial charge in [0.2, 0.25) is 0 Å².